The minimum Gasteiger partial charge on any atom is -0.467 e. The van der Waals surface area contributed by atoms with Gasteiger partial charge in [-0.1, -0.05) is 6.07 Å². The minimum absolute atomic E-state index is 0.267. The number of rotatable bonds is 4. The number of nitrogens with zero attached hydrogens (tertiary/aromatic N) is 6. The topological polar surface area (TPSA) is 108 Å². The van der Waals surface area contributed by atoms with Crippen molar-refractivity contribution in [3.8, 4) is 11.7 Å². The summed E-state index contributed by atoms with van der Waals surface area (Å²) in [5.41, 5.74) is 2.98. The number of aryl methyl sites for hydroxylation is 2. The van der Waals surface area contributed by atoms with Crippen LogP contribution < -0.4 is 10.1 Å². The third-order valence-corrected chi connectivity index (χ3v) is 3.39. The molecular formula is C15H15N7O2. The molecule has 1 aromatic carbocycles. The fourth-order valence-electron chi connectivity index (χ4n) is 2.21. The number of carbonyl (C=O) groups excluding carboxylic acids is 1. The van der Waals surface area contributed by atoms with Crippen LogP contribution in [0.1, 0.15) is 21.7 Å². The van der Waals surface area contributed by atoms with Crippen molar-refractivity contribution in [2.45, 2.75) is 13.8 Å². The molecule has 0 aliphatic heterocycles. The zero-order valence-electron chi connectivity index (χ0n) is 13.4. The molecule has 24 heavy (non-hydrogen) atoms. The number of anilines is 1. The van der Waals surface area contributed by atoms with E-state index in [9.17, 15) is 4.79 Å². The summed E-state index contributed by atoms with van der Waals surface area (Å²) in [5, 5.41) is 13.8. The summed E-state index contributed by atoms with van der Waals surface area (Å²) >= 11 is 0. The maximum Gasteiger partial charge on any atom is 0.316 e. The third-order valence-electron chi connectivity index (χ3n) is 3.39. The van der Waals surface area contributed by atoms with Crippen molar-refractivity contribution < 1.29 is 9.53 Å². The first-order chi connectivity index (χ1) is 11.6. The molecule has 1 amide bonds. The molecule has 0 unspecified atom stereocenters. The van der Waals surface area contributed by atoms with Crippen LogP contribution in [0.15, 0.2) is 30.6 Å². The molecule has 0 saturated carbocycles. The van der Waals surface area contributed by atoms with Crippen LogP contribution in [0, 0.1) is 13.8 Å². The molecule has 122 valence electrons. The molecule has 0 aliphatic rings. The number of aromatic nitrogens is 6. The zero-order chi connectivity index (χ0) is 17.1. The Morgan fingerprint density at radius 2 is 1.96 bits per heavy atom. The van der Waals surface area contributed by atoms with E-state index in [1.54, 1.807) is 38.1 Å². The normalized spacial score (nSPS) is 10.5. The second-order valence-electron chi connectivity index (χ2n) is 5.01. The van der Waals surface area contributed by atoms with Crippen LogP contribution in [0.25, 0.3) is 5.69 Å². The number of nitrogens with one attached hydrogen (secondary N) is 1. The van der Waals surface area contributed by atoms with Crippen molar-refractivity contribution in [1.82, 2.24) is 30.2 Å². The summed E-state index contributed by atoms with van der Waals surface area (Å²) in [6.07, 6.45) is 1.46. The van der Waals surface area contributed by atoms with Crippen LogP contribution in [-0.4, -0.2) is 43.2 Å². The monoisotopic (exact) mass is 325 g/mol. The van der Waals surface area contributed by atoms with E-state index < -0.39 is 0 Å². The van der Waals surface area contributed by atoms with Crippen LogP contribution in [-0.2, 0) is 0 Å². The lowest BCUT2D eigenvalue weighted by Gasteiger charge is -2.12. The summed E-state index contributed by atoms with van der Waals surface area (Å²) in [6, 6.07) is 7.23. The first-order valence-electron chi connectivity index (χ1n) is 7.12. The van der Waals surface area contributed by atoms with Crippen molar-refractivity contribution in [3.63, 3.8) is 0 Å². The van der Waals surface area contributed by atoms with Crippen LogP contribution >= 0.6 is 0 Å². The lowest BCUT2D eigenvalue weighted by Crippen LogP contribution is -2.15. The molecule has 1 N–H and O–H groups in total. The van der Waals surface area contributed by atoms with Crippen LogP contribution in [0.5, 0.6) is 6.01 Å². The Balaban J connectivity index is 1.87. The van der Waals surface area contributed by atoms with Gasteiger partial charge in [0.15, 0.2) is 0 Å². The third kappa shape index (κ3) is 3.05. The first kappa shape index (κ1) is 15.5. The van der Waals surface area contributed by atoms with Gasteiger partial charge in [-0.2, -0.15) is 9.97 Å². The van der Waals surface area contributed by atoms with Gasteiger partial charge in [-0.3, -0.25) is 4.79 Å². The lowest BCUT2D eigenvalue weighted by atomic mass is 10.1. The standard InChI is InChI=1S/C15H15N7O2/c1-9-13(10(2)18-15(17-9)24-3)19-14(23)11-5-4-6-12(7-11)22-8-16-20-21-22/h4-8H,1-3H3,(H,19,23). The van der Waals surface area contributed by atoms with Crippen molar-refractivity contribution in [2.75, 3.05) is 12.4 Å². The molecule has 3 rings (SSSR count). The highest BCUT2D eigenvalue weighted by molar-refractivity contribution is 6.05. The van der Waals surface area contributed by atoms with Gasteiger partial charge in [-0.25, -0.2) is 4.68 Å². The molecule has 9 nitrogen and oxygen atoms in total. The van der Waals surface area contributed by atoms with E-state index in [0.29, 0.717) is 28.3 Å². The van der Waals surface area contributed by atoms with Gasteiger partial charge in [-0.15, -0.1) is 5.10 Å². The Kier molecular flexibility index (Phi) is 4.15. The Hall–Kier alpha value is -3.36. The number of benzene rings is 1. The van der Waals surface area contributed by atoms with Crippen molar-refractivity contribution >= 4 is 11.6 Å². The minimum atomic E-state index is -0.273. The van der Waals surface area contributed by atoms with E-state index in [2.05, 4.69) is 30.8 Å². The lowest BCUT2D eigenvalue weighted by molar-refractivity contribution is 0.102. The van der Waals surface area contributed by atoms with Crippen LogP contribution in [0.2, 0.25) is 0 Å². The average molecular weight is 325 g/mol. The van der Waals surface area contributed by atoms with E-state index in [4.69, 9.17) is 4.74 Å². The Labute approximate surface area is 137 Å². The fraction of sp³-hybridized carbons (Fsp3) is 0.200. The molecule has 0 fully saturated rings. The van der Waals surface area contributed by atoms with Gasteiger partial charge in [-0.05, 0) is 42.5 Å². The molecule has 9 heteroatoms. The van der Waals surface area contributed by atoms with Crippen molar-refractivity contribution in [2.24, 2.45) is 0 Å². The smallest absolute Gasteiger partial charge is 0.316 e. The SMILES string of the molecule is COc1nc(C)c(NC(=O)c2cccc(-n3cnnn3)c2)c(C)n1. The molecule has 0 radical (unpaired) electrons. The van der Waals surface area contributed by atoms with E-state index in [-0.39, 0.29) is 11.9 Å². The maximum atomic E-state index is 12.5. The van der Waals surface area contributed by atoms with Gasteiger partial charge in [0.25, 0.3) is 5.91 Å². The summed E-state index contributed by atoms with van der Waals surface area (Å²) in [4.78, 5) is 20.9. The molecule has 2 aromatic heterocycles. The quantitative estimate of drug-likeness (QED) is 0.771. The Morgan fingerprint density at radius 1 is 1.21 bits per heavy atom. The molecule has 0 saturated heterocycles. The largest absolute Gasteiger partial charge is 0.467 e. The molecule has 2 heterocycles. The highest BCUT2D eigenvalue weighted by atomic mass is 16.5. The number of amides is 1. The predicted molar refractivity (Wildman–Crippen MR) is 85.2 cm³/mol. The summed E-state index contributed by atoms with van der Waals surface area (Å²) in [6.45, 7) is 3.56. The van der Waals surface area contributed by atoms with Gasteiger partial charge >= 0.3 is 6.01 Å². The number of ether oxygens (including phenoxy) is 1. The number of hydrogen-bond donors (Lipinski definition) is 1. The summed E-state index contributed by atoms with van der Waals surface area (Å²) in [5.74, 6) is -0.273. The van der Waals surface area contributed by atoms with Gasteiger partial charge in [0.05, 0.1) is 29.9 Å². The zero-order valence-corrected chi connectivity index (χ0v) is 13.4. The molecule has 0 bridgehead atoms. The average Bonchev–Trinajstić information content (AvgIpc) is 3.12. The predicted octanol–water partition coefficient (Wildman–Crippen LogP) is 1.33. The second kappa shape index (κ2) is 6.41. The van der Waals surface area contributed by atoms with E-state index in [0.717, 1.165) is 0 Å². The van der Waals surface area contributed by atoms with Gasteiger partial charge in [0.2, 0.25) is 0 Å². The number of hydrogen-bond acceptors (Lipinski definition) is 7. The highest BCUT2D eigenvalue weighted by Crippen LogP contribution is 2.20. The fourth-order valence-corrected chi connectivity index (χ4v) is 2.21. The molecule has 0 aliphatic carbocycles. The first-order valence-corrected chi connectivity index (χ1v) is 7.12. The molecular weight excluding hydrogens is 310 g/mol. The summed E-state index contributed by atoms with van der Waals surface area (Å²) in [7, 11) is 1.50. The van der Waals surface area contributed by atoms with Crippen LogP contribution in [0.4, 0.5) is 5.69 Å². The molecule has 0 atom stereocenters. The van der Waals surface area contributed by atoms with Crippen LogP contribution in [0.3, 0.4) is 0 Å². The highest BCUT2D eigenvalue weighted by Gasteiger charge is 2.14. The number of carbonyl (C=O) groups is 1. The Morgan fingerprint density at radius 3 is 2.58 bits per heavy atom. The van der Waals surface area contributed by atoms with Crippen molar-refractivity contribution in [1.29, 1.82) is 0 Å². The second-order valence-corrected chi connectivity index (χ2v) is 5.01. The van der Waals surface area contributed by atoms with E-state index in [1.807, 2.05) is 0 Å². The van der Waals surface area contributed by atoms with Gasteiger partial charge < -0.3 is 10.1 Å². The van der Waals surface area contributed by atoms with Crippen molar-refractivity contribution in [3.05, 3.63) is 47.5 Å². The number of tetrazole rings is 1. The maximum absolute atomic E-state index is 12.5. The molecule has 3 aromatic rings. The summed E-state index contributed by atoms with van der Waals surface area (Å²) < 4.78 is 6.50. The van der Waals surface area contributed by atoms with Gasteiger partial charge in [0.1, 0.15) is 6.33 Å². The van der Waals surface area contributed by atoms with E-state index in [1.165, 1.54) is 18.1 Å². The number of methoxy groups -OCH3 is 1. The van der Waals surface area contributed by atoms with Gasteiger partial charge in [0, 0.05) is 5.56 Å². The Bertz CT molecular complexity index is 854. The van der Waals surface area contributed by atoms with E-state index >= 15 is 0 Å². The molecule has 0 spiro atoms.